The molecule has 0 saturated carbocycles. The minimum absolute atomic E-state index is 0.169. The van der Waals surface area contributed by atoms with Gasteiger partial charge in [0.2, 0.25) is 12.8 Å². The van der Waals surface area contributed by atoms with Crippen LogP contribution in [0.4, 0.5) is 0 Å². The van der Waals surface area contributed by atoms with Crippen molar-refractivity contribution in [1.29, 1.82) is 0 Å². The number of hydrogen-bond donors (Lipinski definition) is 3. The predicted octanol–water partition coefficient (Wildman–Crippen LogP) is 10.6. The molecule has 7 rings (SSSR count). The lowest BCUT2D eigenvalue weighted by Gasteiger charge is -2.19. The van der Waals surface area contributed by atoms with Crippen LogP contribution in [0.15, 0.2) is 164 Å². The molecule has 8 heteroatoms. The van der Waals surface area contributed by atoms with Gasteiger partial charge in [-0.2, -0.15) is 0 Å². The summed E-state index contributed by atoms with van der Waals surface area (Å²) in [5, 5.41) is 12.1. The Morgan fingerprint density at radius 1 is 0.500 bits per heavy atom. The zero-order valence-electron chi connectivity index (χ0n) is 32.4. The number of aliphatic hydroxyl groups is 1. The summed E-state index contributed by atoms with van der Waals surface area (Å²) in [5.41, 5.74) is 14.6. The molecule has 6 aromatic carbocycles. The summed E-state index contributed by atoms with van der Waals surface area (Å²) >= 11 is 0. The fourth-order valence-electron chi connectivity index (χ4n) is 5.59. The SMILES string of the molecule is CC(C)(C)c1ccc(-c2ccc(Oc3cncc4ccccc34)cc2)cc1.CC(C)(O)c1ccc(-c2ccc(Oc3ccccc3)cc2)cc1.NC=O.NC=O. The maximum atomic E-state index is 10.0. The highest BCUT2D eigenvalue weighted by atomic mass is 16.5. The van der Waals surface area contributed by atoms with Crippen molar-refractivity contribution in [2.24, 2.45) is 11.5 Å². The fourth-order valence-corrected chi connectivity index (χ4v) is 5.59. The monoisotopic (exact) mass is 747 g/mol. The summed E-state index contributed by atoms with van der Waals surface area (Å²) in [6.45, 7) is 10.3. The third-order valence-electron chi connectivity index (χ3n) is 8.56. The number of carbonyl (C=O) groups excluding carboxylic acids is 2. The minimum atomic E-state index is -0.814. The van der Waals surface area contributed by atoms with Crippen LogP contribution in [-0.2, 0) is 20.6 Å². The summed E-state index contributed by atoms with van der Waals surface area (Å²) < 4.78 is 11.9. The van der Waals surface area contributed by atoms with E-state index in [1.807, 2.05) is 115 Å². The summed E-state index contributed by atoms with van der Waals surface area (Å²) in [6.07, 6.45) is 4.12. The molecule has 0 aliphatic rings. The number of amides is 2. The summed E-state index contributed by atoms with van der Waals surface area (Å²) in [4.78, 5) is 21.4. The van der Waals surface area contributed by atoms with Gasteiger partial charge in [-0.25, -0.2) is 0 Å². The van der Waals surface area contributed by atoms with Crippen molar-refractivity contribution in [3.63, 3.8) is 0 Å². The molecular weight excluding hydrogens is 699 g/mol. The van der Waals surface area contributed by atoms with E-state index in [4.69, 9.17) is 19.1 Å². The lowest BCUT2D eigenvalue weighted by atomic mass is 9.86. The van der Waals surface area contributed by atoms with E-state index in [2.05, 4.69) is 79.7 Å². The van der Waals surface area contributed by atoms with Crippen LogP contribution in [0.3, 0.4) is 0 Å². The third-order valence-corrected chi connectivity index (χ3v) is 8.56. The number of primary amides is 2. The second-order valence-electron chi connectivity index (χ2n) is 14.2. The van der Waals surface area contributed by atoms with Crippen molar-refractivity contribution in [2.45, 2.75) is 45.6 Å². The first-order chi connectivity index (χ1) is 26.9. The highest BCUT2D eigenvalue weighted by Crippen LogP contribution is 2.32. The molecule has 0 unspecified atom stereocenters. The van der Waals surface area contributed by atoms with Crippen molar-refractivity contribution in [2.75, 3.05) is 0 Å². The number of pyridine rings is 1. The van der Waals surface area contributed by atoms with E-state index in [1.165, 1.54) is 16.7 Å². The molecule has 0 aliphatic heterocycles. The average Bonchev–Trinajstić information content (AvgIpc) is 3.19. The third kappa shape index (κ3) is 12.4. The van der Waals surface area contributed by atoms with Crippen LogP contribution in [-0.4, -0.2) is 22.9 Å². The molecule has 0 atom stereocenters. The molecule has 0 spiro atoms. The van der Waals surface area contributed by atoms with Gasteiger partial charge < -0.3 is 26.0 Å². The van der Waals surface area contributed by atoms with Gasteiger partial charge in [0.25, 0.3) is 0 Å². The largest absolute Gasteiger partial charge is 0.457 e. The first-order valence-electron chi connectivity index (χ1n) is 18.0. The van der Waals surface area contributed by atoms with Gasteiger partial charge in [-0.3, -0.25) is 14.6 Å². The van der Waals surface area contributed by atoms with Gasteiger partial charge in [0, 0.05) is 17.0 Å². The Kier molecular flexibility index (Phi) is 15.0. The Morgan fingerprint density at radius 2 is 0.893 bits per heavy atom. The van der Waals surface area contributed by atoms with E-state index in [0.29, 0.717) is 0 Å². The van der Waals surface area contributed by atoms with Crippen molar-refractivity contribution >= 4 is 23.6 Å². The van der Waals surface area contributed by atoms with Crippen LogP contribution in [0.2, 0.25) is 0 Å². The van der Waals surface area contributed by atoms with Crippen LogP contribution in [0.5, 0.6) is 23.0 Å². The van der Waals surface area contributed by atoms with E-state index in [0.717, 1.165) is 50.5 Å². The topological polar surface area (TPSA) is 138 Å². The number of nitrogens with two attached hydrogens (primary N) is 2. The van der Waals surface area contributed by atoms with Crippen molar-refractivity contribution in [3.05, 3.63) is 175 Å². The molecule has 0 aliphatic carbocycles. The maximum absolute atomic E-state index is 10.0. The number of rotatable bonds is 7. The molecule has 0 bridgehead atoms. The minimum Gasteiger partial charge on any atom is -0.457 e. The van der Waals surface area contributed by atoms with E-state index >= 15 is 0 Å². The van der Waals surface area contributed by atoms with E-state index in [-0.39, 0.29) is 18.2 Å². The molecule has 0 saturated heterocycles. The van der Waals surface area contributed by atoms with Gasteiger partial charge in [-0.05, 0) is 89.0 Å². The molecule has 7 aromatic rings. The molecule has 5 N–H and O–H groups in total. The van der Waals surface area contributed by atoms with Crippen LogP contribution in [0, 0.1) is 0 Å². The van der Waals surface area contributed by atoms with Crippen LogP contribution in [0.25, 0.3) is 33.0 Å². The fraction of sp³-hybridized carbons (Fsp3) is 0.146. The molecular formula is C48H49N3O5. The lowest BCUT2D eigenvalue weighted by Crippen LogP contribution is -2.14. The molecule has 286 valence electrons. The Labute approximate surface area is 329 Å². The Morgan fingerprint density at radius 3 is 1.36 bits per heavy atom. The average molecular weight is 748 g/mol. The van der Waals surface area contributed by atoms with E-state index < -0.39 is 5.60 Å². The first kappa shape index (κ1) is 42.0. The zero-order chi connectivity index (χ0) is 40.6. The van der Waals surface area contributed by atoms with Gasteiger partial charge in [0.1, 0.15) is 17.2 Å². The number of benzene rings is 6. The van der Waals surface area contributed by atoms with Gasteiger partial charge in [-0.15, -0.1) is 0 Å². The number of aromatic nitrogens is 1. The highest BCUT2D eigenvalue weighted by molar-refractivity contribution is 5.87. The van der Waals surface area contributed by atoms with E-state index in [9.17, 15) is 5.11 Å². The number of fused-ring (bicyclic) bond motifs is 1. The molecule has 8 nitrogen and oxygen atoms in total. The highest BCUT2D eigenvalue weighted by Gasteiger charge is 2.15. The van der Waals surface area contributed by atoms with Crippen molar-refractivity contribution in [1.82, 2.24) is 4.98 Å². The Balaban J connectivity index is 0.000000220. The van der Waals surface area contributed by atoms with Gasteiger partial charge in [-0.1, -0.05) is 136 Å². The van der Waals surface area contributed by atoms with Crippen LogP contribution < -0.4 is 20.9 Å². The molecule has 1 aromatic heterocycles. The first-order valence-corrected chi connectivity index (χ1v) is 18.0. The van der Waals surface area contributed by atoms with Crippen LogP contribution in [0.1, 0.15) is 45.7 Å². The number of ether oxygens (including phenoxy) is 2. The lowest BCUT2D eigenvalue weighted by molar-refractivity contribution is -0.107. The van der Waals surface area contributed by atoms with Crippen LogP contribution >= 0.6 is 0 Å². The number of carbonyl (C=O) groups is 2. The zero-order valence-corrected chi connectivity index (χ0v) is 32.4. The quantitative estimate of drug-likeness (QED) is 0.139. The van der Waals surface area contributed by atoms with Gasteiger partial charge in [0.15, 0.2) is 5.75 Å². The summed E-state index contributed by atoms with van der Waals surface area (Å²) in [5.74, 6) is 3.22. The van der Waals surface area contributed by atoms with E-state index in [1.54, 1.807) is 20.0 Å². The normalized spacial score (nSPS) is 10.6. The molecule has 1 heterocycles. The van der Waals surface area contributed by atoms with Crippen molar-refractivity contribution in [3.8, 4) is 45.3 Å². The van der Waals surface area contributed by atoms with Gasteiger partial charge >= 0.3 is 0 Å². The van der Waals surface area contributed by atoms with Crippen molar-refractivity contribution < 1.29 is 24.2 Å². The molecule has 2 amide bonds. The maximum Gasteiger partial charge on any atom is 0.204 e. The summed E-state index contributed by atoms with van der Waals surface area (Å²) in [7, 11) is 0. The standard InChI is InChI=1S/C25H23NO.C21H20O2.2CH3NO/c1-25(2,3)21-12-8-18(9-13-21)19-10-14-22(15-11-19)27-24-17-26-16-20-6-4-5-7-23(20)24;1-21(2,22)18-12-8-16(9-13-18)17-10-14-20(15-11-17)23-19-6-4-3-5-7-19;2*2-1-3/h4-17H,1-3H3;3-15,22H,1-2H3;2*1H,(H2,2,3). The van der Waals surface area contributed by atoms with Gasteiger partial charge in [0.05, 0.1) is 11.8 Å². The summed E-state index contributed by atoms with van der Waals surface area (Å²) in [6, 6.07) is 50.8. The predicted molar refractivity (Wildman–Crippen MR) is 227 cm³/mol. The number of hydrogen-bond acceptors (Lipinski definition) is 6. The Bertz CT molecular complexity index is 2230. The molecule has 0 radical (unpaired) electrons. The number of para-hydroxylation sites is 1. The Hall–Kier alpha value is -6.77. The second-order valence-corrected chi connectivity index (χ2v) is 14.2. The molecule has 0 fully saturated rings. The second kappa shape index (κ2) is 20.1. The molecule has 56 heavy (non-hydrogen) atoms. The number of nitrogens with zero attached hydrogens (tertiary/aromatic N) is 1. The smallest absolute Gasteiger partial charge is 0.204 e.